The molecule has 2 heteroatoms. The molecule has 2 rings (SSSR count). The second-order valence-electron chi connectivity index (χ2n) is 2.57. The van der Waals surface area contributed by atoms with E-state index < -0.39 is 10.8 Å². The smallest absolute Gasteiger partial charge is 0.0744 e. The summed E-state index contributed by atoms with van der Waals surface area (Å²) in [5, 5.41) is 1.70. The minimum Gasteiger partial charge on any atom is -0.250 e. The lowest BCUT2D eigenvalue weighted by Crippen LogP contribution is -1.97. The van der Waals surface area contributed by atoms with Gasteiger partial charge in [-0.3, -0.25) is 0 Å². The molecular weight excluding hydrogens is 180 g/mol. The van der Waals surface area contributed by atoms with Gasteiger partial charge in [-0.15, -0.1) is 13.2 Å². The van der Waals surface area contributed by atoms with Crippen molar-refractivity contribution in [3.8, 4) is 0 Å². The lowest BCUT2D eigenvalue weighted by atomic mass is 10.1. The van der Waals surface area contributed by atoms with Gasteiger partial charge in [-0.1, -0.05) is 18.7 Å². The molecule has 1 unspecified atom stereocenters. The Kier molecular flexibility index (Phi) is 3.20. The summed E-state index contributed by atoms with van der Waals surface area (Å²) in [5.74, 6) is 0. The molecule has 0 radical (unpaired) electrons. The second kappa shape index (κ2) is 4.19. The molecule has 0 saturated carbocycles. The fraction of sp³-hybridized carbons (Fsp3) is 0.0909. The van der Waals surface area contributed by atoms with E-state index in [0.29, 0.717) is 0 Å². The first-order valence-corrected chi connectivity index (χ1v) is 5.18. The maximum absolute atomic E-state index is 11.3. The molecule has 1 heterocycles. The zero-order valence-electron chi connectivity index (χ0n) is 7.45. The van der Waals surface area contributed by atoms with Crippen LogP contribution in [0.2, 0.25) is 0 Å². The van der Waals surface area contributed by atoms with E-state index in [1.165, 1.54) is 0 Å². The molecule has 0 N–H and O–H groups in total. The zero-order chi connectivity index (χ0) is 9.84. The third-order valence-electron chi connectivity index (χ3n) is 1.87. The Morgan fingerprint density at radius 3 is 2.62 bits per heavy atom. The topological polar surface area (TPSA) is 17.1 Å². The molecule has 1 atom stereocenters. The average Bonchev–Trinajstić information content (AvgIpc) is 2.64. The molecule has 0 aromatic rings. The fourth-order valence-corrected chi connectivity index (χ4v) is 2.41. The van der Waals surface area contributed by atoms with Crippen LogP contribution < -0.4 is 0 Å². The van der Waals surface area contributed by atoms with Crippen LogP contribution in [0.25, 0.3) is 0 Å². The third kappa shape index (κ3) is 1.78. The van der Waals surface area contributed by atoms with Gasteiger partial charge in [-0.25, -0.2) is 4.21 Å². The summed E-state index contributed by atoms with van der Waals surface area (Å²) >= 11 is 0. The van der Waals surface area contributed by atoms with Crippen molar-refractivity contribution in [1.82, 2.24) is 0 Å². The summed E-state index contributed by atoms with van der Waals surface area (Å²) in [6.45, 7) is 9.86. The molecule has 0 spiro atoms. The molecule has 0 fully saturated rings. The first kappa shape index (κ1) is 9.93. The molecule has 0 bridgehead atoms. The van der Waals surface area contributed by atoms with Crippen LogP contribution in [-0.4, -0.2) is 4.21 Å². The van der Waals surface area contributed by atoms with Crippen LogP contribution in [0.15, 0.2) is 59.4 Å². The van der Waals surface area contributed by atoms with Crippen molar-refractivity contribution in [1.29, 1.82) is 0 Å². The zero-order valence-corrected chi connectivity index (χ0v) is 8.27. The van der Waals surface area contributed by atoms with Crippen LogP contribution in [-0.2, 0) is 10.8 Å². The molecule has 1 aliphatic heterocycles. The largest absolute Gasteiger partial charge is 0.250 e. The van der Waals surface area contributed by atoms with Crippen LogP contribution in [0.3, 0.4) is 0 Å². The summed E-state index contributed by atoms with van der Waals surface area (Å²) in [7, 11) is -0.891. The minimum absolute atomic E-state index is 0.825. The quantitative estimate of drug-likeness (QED) is 0.539. The van der Waals surface area contributed by atoms with Crippen molar-refractivity contribution >= 4 is 10.8 Å². The molecule has 2 aliphatic rings. The lowest BCUT2D eigenvalue weighted by Gasteiger charge is -2.08. The van der Waals surface area contributed by atoms with E-state index in [1.54, 1.807) is 5.41 Å². The van der Waals surface area contributed by atoms with Gasteiger partial charge in [0, 0.05) is 16.7 Å². The first-order chi connectivity index (χ1) is 6.29. The van der Waals surface area contributed by atoms with E-state index in [9.17, 15) is 4.21 Å². The highest BCUT2D eigenvalue weighted by atomic mass is 32.2. The predicted molar refractivity (Wildman–Crippen MR) is 58.5 cm³/mol. The molecule has 1 aliphatic carbocycles. The Labute approximate surface area is 81.3 Å². The molecule has 0 aromatic heterocycles. The second-order valence-corrected chi connectivity index (χ2v) is 3.93. The summed E-state index contributed by atoms with van der Waals surface area (Å²) in [5.41, 5.74) is 2.05. The summed E-state index contributed by atoms with van der Waals surface area (Å²) in [6.07, 6.45) is 6.68. The standard InChI is InChI=1S/C9H8OS.C2H4/c1-7-5-6-11(10)9-4-2-3-8(7)9;1-2/h2-3,5-6H,1,4H2;1-2H2. The van der Waals surface area contributed by atoms with Crippen molar-refractivity contribution in [2.75, 3.05) is 0 Å². The molecular formula is C11H12OS. The van der Waals surface area contributed by atoms with E-state index in [2.05, 4.69) is 19.7 Å². The molecule has 1 nitrogen and oxygen atoms in total. The third-order valence-corrected chi connectivity index (χ3v) is 3.13. The van der Waals surface area contributed by atoms with Gasteiger partial charge in [0.1, 0.15) is 0 Å². The highest BCUT2D eigenvalue weighted by Crippen LogP contribution is 2.31. The van der Waals surface area contributed by atoms with Crippen molar-refractivity contribution < 1.29 is 4.21 Å². The van der Waals surface area contributed by atoms with Gasteiger partial charge < -0.3 is 0 Å². The van der Waals surface area contributed by atoms with Gasteiger partial charge in [-0.2, -0.15) is 0 Å². The molecule has 0 amide bonds. The number of hydrogen-bond acceptors (Lipinski definition) is 1. The van der Waals surface area contributed by atoms with Crippen LogP contribution in [0.4, 0.5) is 0 Å². The Morgan fingerprint density at radius 2 is 2.00 bits per heavy atom. The van der Waals surface area contributed by atoms with Gasteiger partial charge in [0.05, 0.1) is 10.8 Å². The Bertz CT molecular complexity index is 345. The van der Waals surface area contributed by atoms with E-state index in [-0.39, 0.29) is 0 Å². The van der Waals surface area contributed by atoms with E-state index in [4.69, 9.17) is 0 Å². The van der Waals surface area contributed by atoms with Gasteiger partial charge >= 0.3 is 0 Å². The molecule has 0 aromatic carbocycles. The summed E-state index contributed by atoms with van der Waals surface area (Å²) in [6, 6.07) is 0. The maximum Gasteiger partial charge on any atom is 0.0744 e. The van der Waals surface area contributed by atoms with E-state index >= 15 is 0 Å². The van der Waals surface area contributed by atoms with Crippen LogP contribution in [0, 0.1) is 0 Å². The minimum atomic E-state index is -0.891. The lowest BCUT2D eigenvalue weighted by molar-refractivity contribution is 0.691. The number of allylic oxidation sites excluding steroid dienone is 6. The Hall–Kier alpha value is -1.15. The number of rotatable bonds is 0. The Morgan fingerprint density at radius 1 is 1.31 bits per heavy atom. The van der Waals surface area contributed by atoms with Crippen LogP contribution >= 0.6 is 0 Å². The molecule has 68 valence electrons. The first-order valence-electron chi connectivity index (χ1n) is 3.97. The monoisotopic (exact) mass is 192 g/mol. The van der Waals surface area contributed by atoms with Crippen molar-refractivity contribution in [3.05, 3.63) is 59.4 Å². The van der Waals surface area contributed by atoms with Crippen molar-refractivity contribution in [2.45, 2.75) is 6.42 Å². The SMILES string of the molecule is C=C.C=C1C=CS(=O)C2=C1C=CC2. The predicted octanol–water partition coefficient (Wildman–Crippen LogP) is 2.83. The number of hydrogen-bond donors (Lipinski definition) is 0. The highest BCUT2D eigenvalue weighted by Gasteiger charge is 2.18. The fourth-order valence-electron chi connectivity index (χ4n) is 1.28. The molecule has 0 saturated heterocycles. The van der Waals surface area contributed by atoms with Gasteiger partial charge in [0.25, 0.3) is 0 Å². The van der Waals surface area contributed by atoms with Gasteiger partial charge in [0.15, 0.2) is 0 Å². The van der Waals surface area contributed by atoms with E-state index in [0.717, 1.165) is 22.5 Å². The normalized spacial score (nSPS) is 24.0. The summed E-state index contributed by atoms with van der Waals surface area (Å²) < 4.78 is 11.3. The van der Waals surface area contributed by atoms with Crippen LogP contribution in [0.5, 0.6) is 0 Å². The van der Waals surface area contributed by atoms with Gasteiger partial charge in [0.2, 0.25) is 0 Å². The average molecular weight is 192 g/mol. The van der Waals surface area contributed by atoms with E-state index in [1.807, 2.05) is 18.2 Å². The maximum atomic E-state index is 11.3. The highest BCUT2D eigenvalue weighted by molar-refractivity contribution is 7.92. The van der Waals surface area contributed by atoms with Crippen LogP contribution in [0.1, 0.15) is 6.42 Å². The Balaban J connectivity index is 0.000000396. The summed E-state index contributed by atoms with van der Waals surface area (Å²) in [4.78, 5) is 1.01. The van der Waals surface area contributed by atoms with Crippen molar-refractivity contribution in [2.24, 2.45) is 0 Å². The van der Waals surface area contributed by atoms with Crippen molar-refractivity contribution in [3.63, 3.8) is 0 Å². The van der Waals surface area contributed by atoms with Gasteiger partial charge in [-0.05, 0) is 17.2 Å². The molecule has 13 heavy (non-hydrogen) atoms.